The van der Waals surface area contributed by atoms with Crippen molar-refractivity contribution in [3.8, 4) is 0 Å². The Morgan fingerprint density at radius 1 is 1.15 bits per heavy atom. The Morgan fingerprint density at radius 3 is 2.48 bits per heavy atom. The first-order valence-corrected chi connectivity index (χ1v) is 14.2. The molecule has 3 heterocycles. The molecular weight excluding hydrogens is 515 g/mol. The normalized spacial score (nSPS) is 22.0. The lowest BCUT2D eigenvalue weighted by molar-refractivity contribution is -0.150. The quantitative estimate of drug-likeness (QED) is 0.331. The molecule has 10 heteroatoms. The predicted octanol–water partition coefficient (Wildman–Crippen LogP) is 6.33. The molecule has 0 spiro atoms. The number of anilines is 1. The van der Waals surface area contributed by atoms with Crippen molar-refractivity contribution in [3.63, 3.8) is 0 Å². The maximum absolute atomic E-state index is 13.1. The minimum absolute atomic E-state index is 0.191. The van der Waals surface area contributed by atoms with Gasteiger partial charge in [0.05, 0.1) is 29.8 Å². The van der Waals surface area contributed by atoms with Crippen LogP contribution in [0.2, 0.25) is 0 Å². The van der Waals surface area contributed by atoms with Crippen molar-refractivity contribution in [1.82, 2.24) is 20.5 Å². The first-order chi connectivity index (χ1) is 19.0. The summed E-state index contributed by atoms with van der Waals surface area (Å²) < 4.78 is 39.3. The van der Waals surface area contributed by atoms with Crippen molar-refractivity contribution in [3.05, 3.63) is 60.8 Å². The van der Waals surface area contributed by atoms with E-state index in [1.807, 2.05) is 6.92 Å². The lowest BCUT2D eigenvalue weighted by Crippen LogP contribution is -2.39. The number of pyridine rings is 1. The molecule has 0 radical (unpaired) electrons. The average Bonchev–Trinajstić information content (AvgIpc) is 3.50. The molecule has 2 saturated carbocycles. The molecule has 0 bridgehead atoms. The van der Waals surface area contributed by atoms with Crippen molar-refractivity contribution in [1.29, 1.82) is 0 Å². The SMILES string of the molecule is C=C(CNC(=C)C1=NCN=C1C1CC1)Nc1cc(C(C)N2CC(C(F)(F)F)NC2=C)ccn1.CC1CCCCC1. The van der Waals surface area contributed by atoms with Crippen LogP contribution in [0.3, 0.4) is 0 Å². The van der Waals surface area contributed by atoms with E-state index in [4.69, 9.17) is 0 Å². The Balaban J connectivity index is 0.000000461. The highest BCUT2D eigenvalue weighted by Crippen LogP contribution is 2.34. The van der Waals surface area contributed by atoms with E-state index in [1.165, 1.54) is 32.1 Å². The number of halogens is 3. The highest BCUT2D eigenvalue weighted by Gasteiger charge is 2.46. The van der Waals surface area contributed by atoms with E-state index in [0.29, 0.717) is 30.6 Å². The summed E-state index contributed by atoms with van der Waals surface area (Å²) in [6, 6.07) is 1.65. The van der Waals surface area contributed by atoms with Crippen LogP contribution in [0.1, 0.15) is 70.4 Å². The Morgan fingerprint density at radius 2 is 1.88 bits per heavy atom. The van der Waals surface area contributed by atoms with Crippen molar-refractivity contribution in [2.75, 3.05) is 25.1 Å². The van der Waals surface area contributed by atoms with Crippen LogP contribution in [-0.2, 0) is 0 Å². The second-order valence-corrected chi connectivity index (χ2v) is 11.3. The molecule has 2 aliphatic heterocycles. The van der Waals surface area contributed by atoms with E-state index in [2.05, 4.69) is 57.6 Å². The fraction of sp³-hybridized carbons (Fsp3) is 0.567. The number of rotatable bonds is 9. The number of nitrogens with one attached hydrogen (secondary N) is 3. The van der Waals surface area contributed by atoms with E-state index in [9.17, 15) is 13.2 Å². The zero-order valence-corrected chi connectivity index (χ0v) is 23.7. The second kappa shape index (κ2) is 12.9. The smallest absolute Gasteiger partial charge is 0.378 e. The molecule has 1 aromatic heterocycles. The van der Waals surface area contributed by atoms with Crippen LogP contribution < -0.4 is 16.0 Å². The van der Waals surface area contributed by atoms with Crippen LogP contribution in [0.25, 0.3) is 0 Å². The van der Waals surface area contributed by atoms with E-state index in [-0.39, 0.29) is 18.4 Å². The van der Waals surface area contributed by atoms with Gasteiger partial charge in [-0.2, -0.15) is 13.2 Å². The molecule has 218 valence electrons. The van der Waals surface area contributed by atoms with Crippen molar-refractivity contribution < 1.29 is 13.2 Å². The molecule has 3 fully saturated rings. The highest BCUT2D eigenvalue weighted by atomic mass is 19.4. The van der Waals surface area contributed by atoms with Gasteiger partial charge >= 0.3 is 6.18 Å². The third-order valence-corrected chi connectivity index (χ3v) is 7.87. The molecule has 2 atom stereocenters. The highest BCUT2D eigenvalue weighted by molar-refractivity contribution is 6.50. The fourth-order valence-electron chi connectivity index (χ4n) is 5.27. The van der Waals surface area contributed by atoms with E-state index in [1.54, 1.807) is 23.2 Å². The monoisotopic (exact) mass is 557 g/mol. The summed E-state index contributed by atoms with van der Waals surface area (Å²) in [7, 11) is 0. The van der Waals surface area contributed by atoms with Crippen LogP contribution in [0.4, 0.5) is 19.0 Å². The zero-order chi connectivity index (χ0) is 28.9. The van der Waals surface area contributed by atoms with Crippen LogP contribution in [-0.4, -0.2) is 53.3 Å². The van der Waals surface area contributed by atoms with Crippen LogP contribution >= 0.6 is 0 Å². The maximum Gasteiger partial charge on any atom is 0.410 e. The third-order valence-electron chi connectivity index (χ3n) is 7.87. The Bertz CT molecular complexity index is 1150. The molecule has 0 aromatic carbocycles. The van der Waals surface area contributed by atoms with Gasteiger partial charge in [-0.15, -0.1) is 0 Å². The molecule has 40 heavy (non-hydrogen) atoms. The van der Waals surface area contributed by atoms with Gasteiger partial charge in [0.25, 0.3) is 0 Å². The first kappa shape index (κ1) is 29.7. The lowest BCUT2D eigenvalue weighted by atomic mass is 9.91. The van der Waals surface area contributed by atoms with Crippen molar-refractivity contribution >= 4 is 17.2 Å². The van der Waals surface area contributed by atoms with Crippen LogP contribution in [0.15, 0.2) is 65.3 Å². The molecule has 2 aliphatic carbocycles. The standard InChI is InChI=1S/C23H28F3N7.C7H14/c1-13(10-28-14(2)21-22(17-5-6-17)30-12-29-21)31-20-9-18(7-8-27-20)15(3)33-11-19(23(24,25)26)32-16(33)4;1-7-5-3-2-4-6-7/h7-9,15,17,19,28,32H,1-2,4-6,10-12H2,3H3,(H,27,31);7H,2-6H2,1H3. The minimum atomic E-state index is -4.33. The van der Waals surface area contributed by atoms with E-state index < -0.39 is 12.2 Å². The van der Waals surface area contributed by atoms with Gasteiger partial charge in [-0.25, -0.2) is 4.98 Å². The average molecular weight is 558 g/mol. The molecule has 5 rings (SSSR count). The molecule has 0 amide bonds. The summed E-state index contributed by atoms with van der Waals surface area (Å²) in [4.78, 5) is 14.8. The van der Waals surface area contributed by atoms with Gasteiger partial charge < -0.3 is 20.9 Å². The number of aromatic nitrogens is 1. The molecule has 1 aromatic rings. The number of hydrogen-bond donors (Lipinski definition) is 3. The molecule has 3 N–H and O–H groups in total. The molecule has 7 nitrogen and oxygen atoms in total. The van der Waals surface area contributed by atoms with Gasteiger partial charge in [0, 0.05) is 24.4 Å². The van der Waals surface area contributed by atoms with E-state index >= 15 is 0 Å². The fourth-order valence-corrected chi connectivity index (χ4v) is 5.27. The molecule has 2 unspecified atom stereocenters. The largest absolute Gasteiger partial charge is 0.410 e. The summed E-state index contributed by atoms with van der Waals surface area (Å²) in [6.07, 6.45) is 7.03. The van der Waals surface area contributed by atoms with Gasteiger partial charge in [0.15, 0.2) is 0 Å². The lowest BCUT2D eigenvalue weighted by Gasteiger charge is -2.27. The van der Waals surface area contributed by atoms with Crippen molar-refractivity contribution in [2.45, 2.75) is 77.1 Å². The molecule has 1 saturated heterocycles. The summed E-state index contributed by atoms with van der Waals surface area (Å²) in [5.41, 5.74) is 4.09. The Kier molecular flexibility index (Phi) is 9.58. The zero-order valence-electron chi connectivity index (χ0n) is 23.7. The Labute approximate surface area is 235 Å². The topological polar surface area (TPSA) is 76.9 Å². The first-order valence-electron chi connectivity index (χ1n) is 14.2. The molecular formula is C30H42F3N7. The summed E-state index contributed by atoms with van der Waals surface area (Å²) in [5, 5.41) is 8.81. The third kappa shape index (κ3) is 7.88. The Hall–Kier alpha value is -3.30. The van der Waals surface area contributed by atoms with Crippen LogP contribution in [0, 0.1) is 11.8 Å². The number of aliphatic imine (C=N–C) groups is 2. The van der Waals surface area contributed by atoms with Gasteiger partial charge in [-0.1, -0.05) is 58.8 Å². The van der Waals surface area contributed by atoms with Crippen molar-refractivity contribution in [2.24, 2.45) is 21.8 Å². The summed E-state index contributed by atoms with van der Waals surface area (Å²) >= 11 is 0. The summed E-state index contributed by atoms with van der Waals surface area (Å²) in [6.45, 7) is 16.7. The predicted molar refractivity (Wildman–Crippen MR) is 156 cm³/mol. The maximum atomic E-state index is 13.1. The number of hydrogen-bond acceptors (Lipinski definition) is 7. The van der Waals surface area contributed by atoms with Gasteiger partial charge in [0.2, 0.25) is 0 Å². The summed E-state index contributed by atoms with van der Waals surface area (Å²) in [5.74, 6) is 2.36. The number of nitrogens with zero attached hydrogens (tertiary/aromatic N) is 4. The van der Waals surface area contributed by atoms with Gasteiger partial charge in [0.1, 0.15) is 24.2 Å². The van der Waals surface area contributed by atoms with Gasteiger partial charge in [-0.05, 0) is 43.4 Å². The number of allylic oxidation sites excluding steroid dienone is 1. The van der Waals surface area contributed by atoms with Gasteiger partial charge in [-0.3, -0.25) is 9.98 Å². The minimum Gasteiger partial charge on any atom is -0.378 e. The van der Waals surface area contributed by atoms with Crippen LogP contribution in [0.5, 0.6) is 0 Å². The van der Waals surface area contributed by atoms with E-state index in [0.717, 1.165) is 41.4 Å². The molecule has 4 aliphatic rings. The number of alkyl halides is 3. The second-order valence-electron chi connectivity index (χ2n) is 11.3.